The number of H-pyrrole nitrogens is 1. The zero-order valence-electron chi connectivity index (χ0n) is 19.1. The summed E-state index contributed by atoms with van der Waals surface area (Å²) in [6, 6.07) is 7.47. The number of aliphatic hydroxyl groups is 1. The van der Waals surface area contributed by atoms with Crippen LogP contribution in [0.1, 0.15) is 33.5 Å². The molecule has 0 amide bonds. The molecule has 6 nitrogen and oxygen atoms in total. The van der Waals surface area contributed by atoms with Gasteiger partial charge in [0.15, 0.2) is 0 Å². The first kappa shape index (κ1) is 24.9. The Kier molecular flexibility index (Phi) is 8.85. The van der Waals surface area contributed by atoms with Gasteiger partial charge in [0, 0.05) is 35.7 Å². The van der Waals surface area contributed by atoms with E-state index in [2.05, 4.69) is 37.6 Å². The number of ether oxygens (including phenoxy) is 1. The maximum absolute atomic E-state index is 13.0. The summed E-state index contributed by atoms with van der Waals surface area (Å²) >= 11 is 7.58. The van der Waals surface area contributed by atoms with Crippen molar-refractivity contribution in [2.75, 3.05) is 26.3 Å². The molecule has 32 heavy (non-hydrogen) atoms. The first-order chi connectivity index (χ1) is 15.2. The Bertz CT molecular complexity index is 1080. The quantitative estimate of drug-likeness (QED) is 0.415. The van der Waals surface area contributed by atoms with Crippen LogP contribution >= 0.6 is 22.9 Å². The van der Waals surface area contributed by atoms with E-state index in [1.165, 1.54) is 11.3 Å². The molecule has 0 saturated carbocycles. The van der Waals surface area contributed by atoms with Gasteiger partial charge in [-0.05, 0) is 29.5 Å². The Morgan fingerprint density at radius 2 is 1.97 bits per heavy atom. The van der Waals surface area contributed by atoms with Crippen LogP contribution in [-0.2, 0) is 11.3 Å². The van der Waals surface area contributed by atoms with Crippen LogP contribution < -0.4 is 5.56 Å². The van der Waals surface area contributed by atoms with E-state index in [9.17, 15) is 9.90 Å². The van der Waals surface area contributed by atoms with Gasteiger partial charge in [0.05, 0.1) is 24.6 Å². The van der Waals surface area contributed by atoms with Gasteiger partial charge in [0.25, 0.3) is 5.56 Å². The highest BCUT2D eigenvalue weighted by Gasteiger charge is 2.18. The summed E-state index contributed by atoms with van der Waals surface area (Å²) in [5.41, 5.74) is 1.57. The highest BCUT2D eigenvalue weighted by atomic mass is 35.5. The number of rotatable bonds is 11. The van der Waals surface area contributed by atoms with Gasteiger partial charge in [-0.1, -0.05) is 51.4 Å². The Hall–Kier alpha value is -1.77. The van der Waals surface area contributed by atoms with Crippen LogP contribution in [0.15, 0.2) is 34.4 Å². The number of benzene rings is 1. The van der Waals surface area contributed by atoms with Gasteiger partial charge < -0.3 is 14.8 Å². The van der Waals surface area contributed by atoms with E-state index >= 15 is 0 Å². The maximum Gasteiger partial charge on any atom is 0.260 e. The predicted molar refractivity (Wildman–Crippen MR) is 132 cm³/mol. The van der Waals surface area contributed by atoms with Crippen molar-refractivity contribution in [1.29, 1.82) is 0 Å². The summed E-state index contributed by atoms with van der Waals surface area (Å²) in [7, 11) is 0. The standard InChI is InChI=1S/C24H32ClN3O3S/c1-15(2)9-28(10-19(29)13-31-12-16(3)4)11-21-26-23(30)22-20(14-32-24(22)27-21)17-6-5-7-18(25)8-17/h5-8,14-16,19,29H,9-13H2,1-4H3,(H,26,27,30). The zero-order chi connectivity index (χ0) is 23.3. The number of halogens is 1. The van der Waals surface area contributed by atoms with Crippen molar-refractivity contribution in [1.82, 2.24) is 14.9 Å². The van der Waals surface area contributed by atoms with Crippen LogP contribution in [-0.4, -0.2) is 52.4 Å². The molecular weight excluding hydrogens is 446 g/mol. The second kappa shape index (κ2) is 11.4. The van der Waals surface area contributed by atoms with E-state index in [1.54, 1.807) is 0 Å². The van der Waals surface area contributed by atoms with Crippen LogP contribution in [0.3, 0.4) is 0 Å². The van der Waals surface area contributed by atoms with E-state index < -0.39 is 6.10 Å². The SMILES string of the molecule is CC(C)COCC(O)CN(Cc1nc2scc(-c3cccc(Cl)c3)c2c(=O)[nH]1)CC(C)C. The average molecular weight is 478 g/mol. The highest BCUT2D eigenvalue weighted by Crippen LogP contribution is 2.32. The second-order valence-corrected chi connectivity index (χ2v) is 10.3. The molecular formula is C24H32ClN3O3S. The van der Waals surface area contributed by atoms with E-state index in [0.29, 0.717) is 59.2 Å². The van der Waals surface area contributed by atoms with E-state index in [-0.39, 0.29) is 5.56 Å². The van der Waals surface area contributed by atoms with Gasteiger partial charge in [-0.2, -0.15) is 0 Å². The molecule has 1 atom stereocenters. The molecule has 0 radical (unpaired) electrons. The van der Waals surface area contributed by atoms with E-state index in [1.807, 2.05) is 29.6 Å². The molecule has 0 spiro atoms. The molecule has 1 aromatic carbocycles. The van der Waals surface area contributed by atoms with E-state index in [0.717, 1.165) is 17.7 Å². The number of aromatic amines is 1. The molecule has 3 rings (SSSR count). The first-order valence-electron chi connectivity index (χ1n) is 11.0. The number of aromatic nitrogens is 2. The van der Waals surface area contributed by atoms with Gasteiger partial charge in [0.1, 0.15) is 10.7 Å². The lowest BCUT2D eigenvalue weighted by molar-refractivity contribution is 0.00485. The summed E-state index contributed by atoms with van der Waals surface area (Å²) in [6.45, 7) is 11.0. The molecule has 8 heteroatoms. The monoisotopic (exact) mass is 477 g/mol. The van der Waals surface area contributed by atoms with Crippen molar-refractivity contribution in [2.24, 2.45) is 11.8 Å². The number of aliphatic hydroxyl groups excluding tert-OH is 1. The number of nitrogens with one attached hydrogen (secondary N) is 1. The van der Waals surface area contributed by atoms with Crippen LogP contribution in [0, 0.1) is 11.8 Å². The van der Waals surface area contributed by atoms with Gasteiger partial charge in [-0.25, -0.2) is 4.98 Å². The maximum atomic E-state index is 13.0. The van der Waals surface area contributed by atoms with Crippen LogP contribution in [0.4, 0.5) is 0 Å². The predicted octanol–water partition coefficient (Wildman–Crippen LogP) is 4.80. The van der Waals surface area contributed by atoms with Crippen molar-refractivity contribution >= 4 is 33.2 Å². The lowest BCUT2D eigenvalue weighted by Gasteiger charge is -2.26. The van der Waals surface area contributed by atoms with Gasteiger partial charge in [-0.3, -0.25) is 9.69 Å². The number of thiophene rings is 1. The third kappa shape index (κ3) is 6.86. The lowest BCUT2D eigenvalue weighted by Crippen LogP contribution is -2.37. The molecule has 1 unspecified atom stereocenters. The van der Waals surface area contributed by atoms with Crippen LogP contribution in [0.2, 0.25) is 5.02 Å². The summed E-state index contributed by atoms with van der Waals surface area (Å²) in [5, 5.41) is 13.6. The second-order valence-electron chi connectivity index (χ2n) is 9.03. The topological polar surface area (TPSA) is 78.5 Å². The molecule has 2 N–H and O–H groups in total. The normalized spacial score (nSPS) is 13.0. The molecule has 0 bridgehead atoms. The fraction of sp³-hybridized carbons (Fsp3) is 0.500. The largest absolute Gasteiger partial charge is 0.389 e. The van der Waals surface area contributed by atoms with Crippen LogP contribution in [0.5, 0.6) is 0 Å². The molecule has 0 saturated heterocycles. The van der Waals surface area contributed by atoms with E-state index in [4.69, 9.17) is 21.3 Å². The molecule has 0 aliphatic rings. The molecule has 2 aromatic heterocycles. The van der Waals surface area contributed by atoms with Crippen molar-refractivity contribution in [2.45, 2.75) is 40.3 Å². The summed E-state index contributed by atoms with van der Waals surface area (Å²) < 4.78 is 5.59. The zero-order valence-corrected chi connectivity index (χ0v) is 20.7. The highest BCUT2D eigenvalue weighted by molar-refractivity contribution is 7.17. The van der Waals surface area contributed by atoms with Crippen molar-refractivity contribution in [3.05, 3.63) is 50.8 Å². The van der Waals surface area contributed by atoms with Gasteiger partial charge in [0.2, 0.25) is 0 Å². The Labute approximate surface area is 198 Å². The van der Waals surface area contributed by atoms with Crippen molar-refractivity contribution in [3.63, 3.8) is 0 Å². The fourth-order valence-electron chi connectivity index (χ4n) is 3.66. The minimum atomic E-state index is -0.598. The molecule has 0 aliphatic heterocycles. The molecule has 0 aliphatic carbocycles. The van der Waals surface area contributed by atoms with Crippen molar-refractivity contribution in [3.8, 4) is 11.1 Å². The Morgan fingerprint density at radius 1 is 1.19 bits per heavy atom. The molecule has 2 heterocycles. The number of fused-ring (bicyclic) bond motifs is 1. The lowest BCUT2D eigenvalue weighted by atomic mass is 10.1. The summed E-state index contributed by atoms with van der Waals surface area (Å²) in [4.78, 5) is 23.4. The Balaban J connectivity index is 1.78. The third-order valence-corrected chi connectivity index (χ3v) is 5.96. The minimum absolute atomic E-state index is 0.161. The summed E-state index contributed by atoms with van der Waals surface area (Å²) in [5.74, 6) is 1.43. The van der Waals surface area contributed by atoms with Crippen LogP contribution in [0.25, 0.3) is 21.3 Å². The average Bonchev–Trinajstić information content (AvgIpc) is 3.11. The first-order valence-corrected chi connectivity index (χ1v) is 12.2. The number of hydrogen-bond donors (Lipinski definition) is 2. The molecule has 3 aromatic rings. The van der Waals surface area contributed by atoms with Gasteiger partial charge in [-0.15, -0.1) is 11.3 Å². The third-order valence-electron chi connectivity index (χ3n) is 4.86. The smallest absolute Gasteiger partial charge is 0.260 e. The summed E-state index contributed by atoms with van der Waals surface area (Å²) in [6.07, 6.45) is -0.598. The minimum Gasteiger partial charge on any atom is -0.389 e. The van der Waals surface area contributed by atoms with Crippen molar-refractivity contribution < 1.29 is 9.84 Å². The number of nitrogens with zero attached hydrogens (tertiary/aromatic N) is 2. The number of hydrogen-bond acceptors (Lipinski definition) is 6. The molecule has 174 valence electrons. The Morgan fingerprint density at radius 3 is 2.66 bits per heavy atom. The van der Waals surface area contributed by atoms with Gasteiger partial charge >= 0.3 is 0 Å². The fourth-order valence-corrected chi connectivity index (χ4v) is 4.82. The molecule has 0 fully saturated rings.